The van der Waals surface area contributed by atoms with Crippen molar-refractivity contribution in [2.45, 2.75) is 19.4 Å². The molecule has 20 heavy (non-hydrogen) atoms. The zero-order chi connectivity index (χ0) is 15.0. The largest absolute Gasteiger partial charge is 0.478 e. The number of amides is 1. The van der Waals surface area contributed by atoms with E-state index in [-0.39, 0.29) is 17.6 Å². The van der Waals surface area contributed by atoms with Crippen LogP contribution in [0.2, 0.25) is 0 Å². The molecule has 1 rings (SSSR count). The summed E-state index contributed by atoms with van der Waals surface area (Å²) < 4.78 is 4.95. The van der Waals surface area contributed by atoms with Crippen molar-refractivity contribution < 1.29 is 19.4 Å². The van der Waals surface area contributed by atoms with Gasteiger partial charge in [-0.1, -0.05) is 6.07 Å². The van der Waals surface area contributed by atoms with Crippen molar-refractivity contribution >= 4 is 18.0 Å². The first kappa shape index (κ1) is 15.8. The Kier molecular flexibility index (Phi) is 6.39. The Balaban J connectivity index is 2.79. The van der Waals surface area contributed by atoms with E-state index in [4.69, 9.17) is 9.84 Å². The fraction of sp³-hybridized carbons (Fsp3) is 0.357. The summed E-state index contributed by atoms with van der Waals surface area (Å²) in [5.74, 6) is -1.41. The summed E-state index contributed by atoms with van der Waals surface area (Å²) in [5, 5.41) is 11.4. The molecule has 0 radical (unpaired) electrons. The number of ether oxygens (including phenoxy) is 1. The van der Waals surface area contributed by atoms with Crippen molar-refractivity contribution in [3.8, 4) is 0 Å². The average molecular weight is 278 g/mol. The maximum Gasteiger partial charge on any atom is 0.328 e. The number of nitrogens with zero attached hydrogens (tertiary/aromatic N) is 1. The SMILES string of the molecule is COCCC(C)NC(=O)c1ncccc1/C=C/C(=O)O. The minimum Gasteiger partial charge on any atom is -0.478 e. The van der Waals surface area contributed by atoms with E-state index in [1.807, 2.05) is 6.92 Å². The quantitative estimate of drug-likeness (QED) is 0.735. The van der Waals surface area contributed by atoms with Crippen molar-refractivity contribution in [2.75, 3.05) is 13.7 Å². The molecule has 1 unspecified atom stereocenters. The van der Waals surface area contributed by atoms with Crippen LogP contribution in [0.1, 0.15) is 29.4 Å². The highest BCUT2D eigenvalue weighted by atomic mass is 16.5. The van der Waals surface area contributed by atoms with Gasteiger partial charge in [0.15, 0.2) is 0 Å². The molecule has 2 N–H and O–H groups in total. The fourth-order valence-electron chi connectivity index (χ4n) is 1.56. The van der Waals surface area contributed by atoms with Crippen LogP contribution < -0.4 is 5.32 Å². The van der Waals surface area contributed by atoms with Gasteiger partial charge in [0.25, 0.3) is 5.91 Å². The molecule has 1 aromatic rings. The maximum atomic E-state index is 12.1. The Bertz CT molecular complexity index is 500. The monoisotopic (exact) mass is 278 g/mol. The van der Waals surface area contributed by atoms with Crippen LogP contribution in [0.3, 0.4) is 0 Å². The van der Waals surface area contributed by atoms with Gasteiger partial charge in [-0.25, -0.2) is 4.79 Å². The van der Waals surface area contributed by atoms with E-state index in [0.717, 1.165) is 6.08 Å². The second kappa shape index (κ2) is 8.06. The Morgan fingerprint density at radius 2 is 2.30 bits per heavy atom. The van der Waals surface area contributed by atoms with Crippen molar-refractivity contribution in [1.82, 2.24) is 10.3 Å². The van der Waals surface area contributed by atoms with E-state index < -0.39 is 5.97 Å². The highest BCUT2D eigenvalue weighted by Crippen LogP contribution is 2.08. The molecule has 0 saturated heterocycles. The van der Waals surface area contributed by atoms with Gasteiger partial charge in [0.2, 0.25) is 0 Å². The first-order valence-electron chi connectivity index (χ1n) is 6.20. The van der Waals surface area contributed by atoms with Crippen LogP contribution >= 0.6 is 0 Å². The van der Waals surface area contributed by atoms with E-state index in [9.17, 15) is 9.59 Å². The van der Waals surface area contributed by atoms with Gasteiger partial charge in [-0.05, 0) is 25.5 Å². The summed E-state index contributed by atoms with van der Waals surface area (Å²) in [7, 11) is 1.60. The molecule has 1 atom stereocenters. The van der Waals surface area contributed by atoms with Gasteiger partial charge in [0, 0.05) is 37.6 Å². The highest BCUT2D eigenvalue weighted by molar-refractivity contribution is 5.97. The summed E-state index contributed by atoms with van der Waals surface area (Å²) in [4.78, 5) is 26.6. The van der Waals surface area contributed by atoms with Crippen molar-refractivity contribution in [3.63, 3.8) is 0 Å². The Hall–Kier alpha value is -2.21. The van der Waals surface area contributed by atoms with E-state index >= 15 is 0 Å². The van der Waals surface area contributed by atoms with Crippen molar-refractivity contribution in [3.05, 3.63) is 35.7 Å². The van der Waals surface area contributed by atoms with Gasteiger partial charge in [-0.2, -0.15) is 0 Å². The molecular weight excluding hydrogens is 260 g/mol. The summed E-state index contributed by atoms with van der Waals surface area (Å²) >= 11 is 0. The number of methoxy groups -OCH3 is 1. The first-order valence-corrected chi connectivity index (χ1v) is 6.20. The molecule has 0 aliphatic carbocycles. The van der Waals surface area contributed by atoms with Gasteiger partial charge in [0.1, 0.15) is 5.69 Å². The summed E-state index contributed by atoms with van der Waals surface area (Å²) in [6.07, 6.45) is 4.51. The number of rotatable bonds is 7. The Morgan fingerprint density at radius 1 is 1.55 bits per heavy atom. The molecule has 6 nitrogen and oxygen atoms in total. The molecule has 6 heteroatoms. The molecule has 0 bridgehead atoms. The number of hydrogen-bond acceptors (Lipinski definition) is 4. The third-order valence-electron chi connectivity index (χ3n) is 2.59. The molecular formula is C14H18N2O4. The molecule has 108 valence electrons. The number of nitrogens with one attached hydrogen (secondary N) is 1. The van der Waals surface area contributed by atoms with E-state index in [2.05, 4.69) is 10.3 Å². The van der Waals surface area contributed by atoms with Crippen LogP contribution in [0.15, 0.2) is 24.4 Å². The van der Waals surface area contributed by atoms with Gasteiger partial charge in [-0.3, -0.25) is 9.78 Å². The van der Waals surface area contributed by atoms with Crippen LogP contribution in [-0.2, 0) is 9.53 Å². The van der Waals surface area contributed by atoms with Gasteiger partial charge in [-0.15, -0.1) is 0 Å². The van der Waals surface area contributed by atoms with E-state index in [0.29, 0.717) is 18.6 Å². The maximum absolute atomic E-state index is 12.1. The molecule has 0 spiro atoms. The predicted octanol–water partition coefficient (Wildman–Crippen LogP) is 1.33. The van der Waals surface area contributed by atoms with Crippen LogP contribution in [0.25, 0.3) is 6.08 Å². The van der Waals surface area contributed by atoms with Gasteiger partial charge >= 0.3 is 5.97 Å². The molecule has 0 aliphatic heterocycles. The minimum atomic E-state index is -1.08. The standard InChI is InChI=1S/C14H18N2O4/c1-10(7-9-20-2)16-14(19)13-11(4-3-8-15-13)5-6-12(17)18/h3-6,8,10H,7,9H2,1-2H3,(H,16,19)(H,17,18)/b6-5+. The zero-order valence-corrected chi connectivity index (χ0v) is 11.5. The number of carbonyl (C=O) groups excluding carboxylic acids is 1. The Morgan fingerprint density at radius 3 is 2.95 bits per heavy atom. The molecule has 0 aliphatic rings. The molecule has 0 saturated carbocycles. The third kappa shape index (κ3) is 5.19. The van der Waals surface area contributed by atoms with Crippen molar-refractivity contribution in [1.29, 1.82) is 0 Å². The molecule has 1 heterocycles. The second-order valence-electron chi connectivity index (χ2n) is 4.27. The zero-order valence-electron chi connectivity index (χ0n) is 11.5. The number of carbonyl (C=O) groups is 2. The second-order valence-corrected chi connectivity index (χ2v) is 4.27. The number of carboxylic acid groups (broad SMARTS) is 1. The minimum absolute atomic E-state index is 0.0549. The smallest absolute Gasteiger partial charge is 0.328 e. The number of hydrogen-bond donors (Lipinski definition) is 2. The number of aromatic nitrogens is 1. The van der Waals surface area contributed by atoms with Crippen molar-refractivity contribution in [2.24, 2.45) is 0 Å². The lowest BCUT2D eigenvalue weighted by Crippen LogP contribution is -2.34. The summed E-state index contributed by atoms with van der Waals surface area (Å²) in [5.41, 5.74) is 0.667. The lowest BCUT2D eigenvalue weighted by atomic mass is 10.1. The summed E-state index contributed by atoms with van der Waals surface area (Å²) in [6, 6.07) is 3.23. The first-order chi connectivity index (χ1) is 9.54. The van der Waals surface area contributed by atoms with Crippen LogP contribution in [0.4, 0.5) is 0 Å². The van der Waals surface area contributed by atoms with Crippen LogP contribution in [0.5, 0.6) is 0 Å². The van der Waals surface area contributed by atoms with Gasteiger partial charge < -0.3 is 15.2 Å². The average Bonchev–Trinajstić information content (AvgIpc) is 2.43. The van der Waals surface area contributed by atoms with E-state index in [1.54, 1.807) is 19.2 Å². The van der Waals surface area contributed by atoms with E-state index in [1.165, 1.54) is 12.3 Å². The lowest BCUT2D eigenvalue weighted by molar-refractivity contribution is -0.131. The number of pyridine rings is 1. The molecule has 1 aromatic heterocycles. The van der Waals surface area contributed by atoms with Gasteiger partial charge in [0.05, 0.1) is 0 Å². The lowest BCUT2D eigenvalue weighted by Gasteiger charge is -2.13. The number of carboxylic acids is 1. The Labute approximate surface area is 117 Å². The van der Waals surface area contributed by atoms with Crippen LogP contribution in [-0.4, -0.2) is 41.7 Å². The van der Waals surface area contributed by atoms with Crippen LogP contribution in [0, 0.1) is 0 Å². The highest BCUT2D eigenvalue weighted by Gasteiger charge is 2.13. The summed E-state index contributed by atoms with van der Waals surface area (Å²) in [6.45, 7) is 2.42. The molecule has 0 aromatic carbocycles. The number of aliphatic carboxylic acids is 1. The molecule has 0 fully saturated rings. The topological polar surface area (TPSA) is 88.5 Å². The third-order valence-corrected chi connectivity index (χ3v) is 2.59. The fourth-order valence-corrected chi connectivity index (χ4v) is 1.56. The normalized spacial score (nSPS) is 12.3. The predicted molar refractivity (Wildman–Crippen MR) is 74.3 cm³/mol. The molecule has 1 amide bonds.